The zero-order chi connectivity index (χ0) is 8.20. The van der Waals surface area contributed by atoms with Crippen molar-refractivity contribution in [3.05, 3.63) is 0 Å². The molecule has 7 heteroatoms. The molecule has 0 heterocycles. The number of halogens is 3. The third-order valence-electron chi connectivity index (χ3n) is 0.391. The van der Waals surface area contributed by atoms with Gasteiger partial charge in [0.15, 0.2) is 6.09 Å². The van der Waals surface area contributed by atoms with Crippen molar-refractivity contribution in [1.82, 2.24) is 5.48 Å². The van der Waals surface area contributed by atoms with Gasteiger partial charge in [0, 0.05) is 0 Å². The molecule has 0 aliphatic rings. The number of rotatable bonds is 2. The SMILES string of the molecule is O=C([O-])NOCC(Cl)(Cl)Cl. The molecule has 0 aromatic rings. The molecule has 0 saturated heterocycles. The normalized spacial score (nSPS) is 11.1. The Kier molecular flexibility index (Phi) is 4.12. The van der Waals surface area contributed by atoms with E-state index in [9.17, 15) is 9.90 Å². The summed E-state index contributed by atoms with van der Waals surface area (Å²) < 4.78 is -1.62. The van der Waals surface area contributed by atoms with Crippen molar-refractivity contribution < 1.29 is 14.7 Å². The Morgan fingerprint density at radius 3 is 2.40 bits per heavy atom. The molecule has 0 aromatic heterocycles. The predicted molar refractivity (Wildman–Crippen MR) is 34.8 cm³/mol. The van der Waals surface area contributed by atoms with Crippen LogP contribution in [0.3, 0.4) is 0 Å². The lowest BCUT2D eigenvalue weighted by Crippen LogP contribution is -2.38. The van der Waals surface area contributed by atoms with Gasteiger partial charge >= 0.3 is 0 Å². The average Bonchev–Trinajstić information content (AvgIpc) is 1.59. The quantitative estimate of drug-likeness (QED) is 0.520. The smallest absolute Gasteiger partial charge is 0.216 e. The summed E-state index contributed by atoms with van der Waals surface area (Å²) in [6, 6.07) is 0. The Bertz CT molecular complexity index is 123. The molecule has 0 aliphatic heterocycles. The van der Waals surface area contributed by atoms with Crippen LogP contribution in [0.1, 0.15) is 0 Å². The van der Waals surface area contributed by atoms with Gasteiger partial charge in [-0.2, -0.15) is 0 Å². The van der Waals surface area contributed by atoms with Crippen molar-refractivity contribution in [3.63, 3.8) is 0 Å². The van der Waals surface area contributed by atoms with Gasteiger partial charge in [0.2, 0.25) is 3.79 Å². The first-order chi connectivity index (χ1) is 4.42. The fraction of sp³-hybridized carbons (Fsp3) is 0.667. The number of amides is 1. The first-order valence-corrected chi connectivity index (χ1v) is 3.21. The second kappa shape index (κ2) is 4.08. The molecule has 0 fully saturated rings. The number of carboxylic acid groups (broad SMARTS) is 1. The summed E-state index contributed by atoms with van der Waals surface area (Å²) in [5.41, 5.74) is 1.45. The van der Waals surface area contributed by atoms with E-state index >= 15 is 0 Å². The molecular formula is C3H3Cl3NO3-. The van der Waals surface area contributed by atoms with Gasteiger partial charge < -0.3 is 9.90 Å². The predicted octanol–water partition coefficient (Wildman–Crippen LogP) is 0.221. The highest BCUT2D eigenvalue weighted by molar-refractivity contribution is 6.67. The summed E-state index contributed by atoms with van der Waals surface area (Å²) >= 11 is 15.5. The monoisotopic (exact) mass is 206 g/mol. The zero-order valence-electron chi connectivity index (χ0n) is 4.57. The Balaban J connectivity index is 3.29. The average molecular weight is 207 g/mol. The Morgan fingerprint density at radius 2 is 2.10 bits per heavy atom. The highest BCUT2D eigenvalue weighted by Gasteiger charge is 2.19. The molecule has 1 N–H and O–H groups in total. The molecule has 0 rings (SSSR count). The van der Waals surface area contributed by atoms with Crippen LogP contribution in [0.15, 0.2) is 0 Å². The Morgan fingerprint density at radius 1 is 1.60 bits per heavy atom. The van der Waals surface area contributed by atoms with Gasteiger partial charge in [-0.05, 0) is 0 Å². The molecule has 0 aliphatic carbocycles. The van der Waals surface area contributed by atoms with Crippen LogP contribution in [0.4, 0.5) is 4.79 Å². The van der Waals surface area contributed by atoms with Crippen molar-refractivity contribution >= 4 is 40.9 Å². The van der Waals surface area contributed by atoms with Crippen LogP contribution in [-0.2, 0) is 4.84 Å². The maximum Gasteiger partial charge on any atom is 0.216 e. The van der Waals surface area contributed by atoms with Crippen LogP contribution < -0.4 is 10.6 Å². The number of nitrogens with one attached hydrogen (secondary N) is 1. The molecule has 0 atom stereocenters. The van der Waals surface area contributed by atoms with Crippen molar-refractivity contribution in [3.8, 4) is 0 Å². The molecular weight excluding hydrogens is 204 g/mol. The molecule has 0 spiro atoms. The molecule has 1 amide bonds. The fourth-order valence-corrected chi connectivity index (χ4v) is 0.341. The molecule has 0 bridgehead atoms. The summed E-state index contributed by atoms with van der Waals surface area (Å²) in [4.78, 5) is 13.8. The zero-order valence-corrected chi connectivity index (χ0v) is 6.83. The Hall–Kier alpha value is 0.1000. The highest BCUT2D eigenvalue weighted by Crippen LogP contribution is 2.25. The summed E-state index contributed by atoms with van der Waals surface area (Å²) in [5.74, 6) is 0. The topological polar surface area (TPSA) is 61.4 Å². The van der Waals surface area contributed by atoms with E-state index in [1.165, 1.54) is 5.48 Å². The second-order valence-electron chi connectivity index (χ2n) is 1.29. The summed E-state index contributed by atoms with van der Waals surface area (Å²) in [7, 11) is 0. The molecule has 0 aromatic carbocycles. The van der Waals surface area contributed by atoms with Gasteiger partial charge in [0.1, 0.15) is 6.61 Å². The van der Waals surface area contributed by atoms with Crippen molar-refractivity contribution in [2.75, 3.05) is 6.61 Å². The molecule has 60 valence electrons. The van der Waals surface area contributed by atoms with Crippen molar-refractivity contribution in [2.24, 2.45) is 0 Å². The van der Waals surface area contributed by atoms with Crippen LogP contribution in [0.25, 0.3) is 0 Å². The molecule has 0 saturated carbocycles. The minimum atomic E-state index is -1.62. The van der Waals surface area contributed by atoms with Crippen LogP contribution in [0, 0.1) is 0 Å². The summed E-state index contributed by atoms with van der Waals surface area (Å²) in [5, 5.41) is 9.61. The fourth-order valence-electron chi connectivity index (χ4n) is 0.177. The number of hydrogen-bond acceptors (Lipinski definition) is 3. The first kappa shape index (κ1) is 10.1. The van der Waals surface area contributed by atoms with Gasteiger partial charge in [-0.1, -0.05) is 34.8 Å². The van der Waals surface area contributed by atoms with Crippen LogP contribution >= 0.6 is 34.8 Å². The lowest BCUT2D eigenvalue weighted by atomic mass is 10.8. The van der Waals surface area contributed by atoms with E-state index in [4.69, 9.17) is 34.8 Å². The van der Waals surface area contributed by atoms with Gasteiger partial charge in [-0.15, -0.1) is 0 Å². The van der Waals surface area contributed by atoms with E-state index < -0.39 is 9.89 Å². The van der Waals surface area contributed by atoms with Crippen LogP contribution in [0.2, 0.25) is 0 Å². The Labute approximate surface area is 72.0 Å². The van der Waals surface area contributed by atoms with Crippen LogP contribution in [-0.4, -0.2) is 16.5 Å². The van der Waals surface area contributed by atoms with E-state index in [2.05, 4.69) is 4.84 Å². The van der Waals surface area contributed by atoms with E-state index in [0.29, 0.717) is 0 Å². The van der Waals surface area contributed by atoms with Gasteiger partial charge in [-0.3, -0.25) is 10.3 Å². The van der Waals surface area contributed by atoms with E-state index in [1.54, 1.807) is 0 Å². The largest absolute Gasteiger partial charge is 0.528 e. The van der Waals surface area contributed by atoms with Gasteiger partial charge in [-0.25, -0.2) is 0 Å². The molecule has 0 radical (unpaired) electrons. The number of alkyl halides is 3. The van der Waals surface area contributed by atoms with E-state index in [0.717, 1.165) is 0 Å². The van der Waals surface area contributed by atoms with Gasteiger partial charge in [0.25, 0.3) is 0 Å². The maximum absolute atomic E-state index is 9.61. The number of carbonyl (C=O) groups excluding carboxylic acids is 1. The number of hydroxylamine groups is 1. The lowest BCUT2D eigenvalue weighted by Gasteiger charge is -2.11. The third-order valence-corrected chi connectivity index (χ3v) is 0.719. The minimum Gasteiger partial charge on any atom is -0.528 e. The van der Waals surface area contributed by atoms with E-state index in [1.807, 2.05) is 0 Å². The second-order valence-corrected chi connectivity index (χ2v) is 3.81. The van der Waals surface area contributed by atoms with Gasteiger partial charge in [0.05, 0.1) is 0 Å². The number of hydrogen-bond donors (Lipinski definition) is 1. The molecule has 4 nitrogen and oxygen atoms in total. The summed E-state index contributed by atoms with van der Waals surface area (Å²) in [6.45, 7) is -0.369. The summed E-state index contributed by atoms with van der Waals surface area (Å²) in [6.07, 6.45) is -1.59. The van der Waals surface area contributed by atoms with Crippen LogP contribution in [0.5, 0.6) is 0 Å². The molecule has 10 heavy (non-hydrogen) atoms. The van der Waals surface area contributed by atoms with E-state index in [-0.39, 0.29) is 6.61 Å². The standard InChI is InChI=1S/C3H4Cl3NO3/c4-3(5,6)1-10-7-2(8)9/h7H,1H2,(H,8,9)/p-1. The van der Waals surface area contributed by atoms with Crippen molar-refractivity contribution in [1.29, 1.82) is 0 Å². The van der Waals surface area contributed by atoms with Crippen molar-refractivity contribution in [2.45, 2.75) is 3.79 Å². The highest BCUT2D eigenvalue weighted by atomic mass is 35.6. The minimum absolute atomic E-state index is 0.369. The lowest BCUT2D eigenvalue weighted by molar-refractivity contribution is -0.263. The third kappa shape index (κ3) is 8.10. The molecule has 0 unspecified atom stereocenters. The number of carbonyl (C=O) groups is 1. The first-order valence-electron chi connectivity index (χ1n) is 2.07. The maximum atomic E-state index is 9.61.